The smallest absolute Gasteiger partial charge is 0.253 e. The van der Waals surface area contributed by atoms with E-state index in [1.165, 1.54) is 36.5 Å². The SMILES string of the molecule is CN(C)S(=O)(=O)c1ccc(N2CCCCC2)c(C(=O)NC2CCc3ccccc32)c1. The van der Waals surface area contributed by atoms with E-state index >= 15 is 0 Å². The Kier molecular flexibility index (Phi) is 5.84. The van der Waals surface area contributed by atoms with E-state index in [-0.39, 0.29) is 16.8 Å². The molecule has 6 nitrogen and oxygen atoms in total. The van der Waals surface area contributed by atoms with Crippen LogP contribution in [0.3, 0.4) is 0 Å². The molecular weight excluding hydrogens is 398 g/mol. The van der Waals surface area contributed by atoms with Crippen molar-refractivity contribution in [3.05, 3.63) is 59.2 Å². The van der Waals surface area contributed by atoms with Crippen LogP contribution in [0.15, 0.2) is 47.4 Å². The number of aryl methyl sites for hydroxylation is 1. The van der Waals surface area contributed by atoms with Crippen molar-refractivity contribution in [2.24, 2.45) is 0 Å². The highest BCUT2D eigenvalue weighted by Gasteiger charge is 2.28. The first-order chi connectivity index (χ1) is 14.4. The molecule has 0 aromatic heterocycles. The summed E-state index contributed by atoms with van der Waals surface area (Å²) >= 11 is 0. The summed E-state index contributed by atoms with van der Waals surface area (Å²) in [5.74, 6) is -0.215. The maximum absolute atomic E-state index is 13.4. The lowest BCUT2D eigenvalue weighted by Crippen LogP contribution is -2.34. The van der Waals surface area contributed by atoms with Gasteiger partial charge in [-0.05, 0) is 61.4 Å². The summed E-state index contributed by atoms with van der Waals surface area (Å²) in [6.07, 6.45) is 5.14. The van der Waals surface area contributed by atoms with Crippen LogP contribution in [0.5, 0.6) is 0 Å². The van der Waals surface area contributed by atoms with Crippen LogP contribution in [0.4, 0.5) is 5.69 Å². The highest BCUT2D eigenvalue weighted by Crippen LogP contribution is 2.33. The lowest BCUT2D eigenvalue weighted by Gasteiger charge is -2.31. The van der Waals surface area contributed by atoms with E-state index in [1.54, 1.807) is 12.1 Å². The molecular formula is C23H29N3O3S. The summed E-state index contributed by atoms with van der Waals surface area (Å²) in [5.41, 5.74) is 3.67. The van der Waals surface area contributed by atoms with Crippen molar-refractivity contribution in [2.45, 2.75) is 43.0 Å². The molecule has 0 bridgehead atoms. The highest BCUT2D eigenvalue weighted by atomic mass is 32.2. The first-order valence-corrected chi connectivity index (χ1v) is 12.0. The zero-order valence-electron chi connectivity index (χ0n) is 17.6. The number of hydrogen-bond donors (Lipinski definition) is 1. The van der Waals surface area contributed by atoms with Gasteiger partial charge in [0.1, 0.15) is 0 Å². The van der Waals surface area contributed by atoms with Gasteiger partial charge >= 0.3 is 0 Å². The predicted molar refractivity (Wildman–Crippen MR) is 118 cm³/mol. The summed E-state index contributed by atoms with van der Waals surface area (Å²) in [5, 5.41) is 3.16. The Morgan fingerprint density at radius 1 is 1.07 bits per heavy atom. The van der Waals surface area contributed by atoms with Gasteiger partial charge in [0.15, 0.2) is 0 Å². The van der Waals surface area contributed by atoms with Gasteiger partial charge in [-0.3, -0.25) is 4.79 Å². The molecule has 1 amide bonds. The summed E-state index contributed by atoms with van der Waals surface area (Å²) in [4.78, 5) is 15.7. The molecule has 0 spiro atoms. The van der Waals surface area contributed by atoms with Crippen LogP contribution in [0.2, 0.25) is 0 Å². The number of anilines is 1. The Bertz CT molecular complexity index is 1040. The van der Waals surface area contributed by atoms with Gasteiger partial charge in [-0.15, -0.1) is 0 Å². The second kappa shape index (κ2) is 8.40. The largest absolute Gasteiger partial charge is 0.371 e. The molecule has 1 atom stereocenters. The fraction of sp³-hybridized carbons (Fsp3) is 0.435. The number of carbonyl (C=O) groups is 1. The quantitative estimate of drug-likeness (QED) is 0.795. The van der Waals surface area contributed by atoms with Crippen molar-refractivity contribution in [1.29, 1.82) is 0 Å². The molecule has 1 fully saturated rings. The second-order valence-electron chi connectivity index (χ2n) is 8.28. The van der Waals surface area contributed by atoms with Gasteiger partial charge in [0.05, 0.1) is 16.5 Å². The lowest BCUT2D eigenvalue weighted by atomic mass is 10.0. The number of carbonyl (C=O) groups excluding carboxylic acids is 1. The summed E-state index contributed by atoms with van der Waals surface area (Å²) < 4.78 is 26.5. The zero-order valence-corrected chi connectivity index (χ0v) is 18.4. The molecule has 1 aliphatic heterocycles. The normalized spacial score (nSPS) is 19.0. The van der Waals surface area contributed by atoms with Gasteiger partial charge in [0, 0.05) is 32.9 Å². The number of rotatable bonds is 5. The van der Waals surface area contributed by atoms with E-state index in [4.69, 9.17) is 0 Å². The first kappa shape index (κ1) is 20.9. The minimum Gasteiger partial charge on any atom is -0.371 e. The maximum Gasteiger partial charge on any atom is 0.253 e. The average molecular weight is 428 g/mol. The number of piperidine rings is 1. The lowest BCUT2D eigenvalue weighted by molar-refractivity contribution is 0.0937. The second-order valence-corrected chi connectivity index (χ2v) is 10.4. The zero-order chi connectivity index (χ0) is 21.3. The molecule has 4 rings (SSSR count). The highest BCUT2D eigenvalue weighted by molar-refractivity contribution is 7.89. The van der Waals surface area contributed by atoms with E-state index in [9.17, 15) is 13.2 Å². The van der Waals surface area contributed by atoms with Gasteiger partial charge in [-0.25, -0.2) is 12.7 Å². The molecule has 0 saturated carbocycles. The molecule has 1 heterocycles. The van der Waals surface area contributed by atoms with Crippen LogP contribution >= 0.6 is 0 Å². The Morgan fingerprint density at radius 3 is 2.53 bits per heavy atom. The fourth-order valence-corrected chi connectivity index (χ4v) is 5.35. The average Bonchev–Trinajstić information content (AvgIpc) is 3.16. The fourth-order valence-electron chi connectivity index (χ4n) is 4.42. The van der Waals surface area contributed by atoms with Gasteiger partial charge in [0.25, 0.3) is 5.91 Å². The molecule has 1 unspecified atom stereocenters. The molecule has 1 aliphatic carbocycles. The number of nitrogens with zero attached hydrogens (tertiary/aromatic N) is 2. The Balaban J connectivity index is 1.69. The van der Waals surface area contributed by atoms with Crippen LogP contribution in [0.1, 0.15) is 53.2 Å². The Hall–Kier alpha value is -2.38. The topological polar surface area (TPSA) is 69.7 Å². The van der Waals surface area contributed by atoms with Crippen molar-refractivity contribution < 1.29 is 13.2 Å². The molecule has 2 aliphatic rings. The Labute approximate surface area is 178 Å². The Morgan fingerprint density at radius 2 is 1.80 bits per heavy atom. The van der Waals surface area contributed by atoms with Gasteiger partial charge in [-0.1, -0.05) is 24.3 Å². The third-order valence-corrected chi connectivity index (χ3v) is 7.94. The molecule has 0 radical (unpaired) electrons. The van der Waals surface area contributed by atoms with Crippen molar-refractivity contribution >= 4 is 21.6 Å². The third-order valence-electron chi connectivity index (χ3n) is 6.13. The molecule has 1 saturated heterocycles. The van der Waals surface area contributed by atoms with Crippen LogP contribution in [0, 0.1) is 0 Å². The molecule has 160 valence electrons. The number of sulfonamides is 1. The predicted octanol–water partition coefficient (Wildman–Crippen LogP) is 3.34. The van der Waals surface area contributed by atoms with Crippen LogP contribution in [-0.4, -0.2) is 45.8 Å². The maximum atomic E-state index is 13.4. The first-order valence-electron chi connectivity index (χ1n) is 10.6. The summed E-state index contributed by atoms with van der Waals surface area (Å²) in [6.45, 7) is 1.76. The van der Waals surface area contributed by atoms with Crippen molar-refractivity contribution in [2.75, 3.05) is 32.1 Å². The van der Waals surface area contributed by atoms with E-state index in [2.05, 4.69) is 22.3 Å². The minimum absolute atomic E-state index is 0.0444. The van der Waals surface area contributed by atoms with Gasteiger partial charge in [-0.2, -0.15) is 0 Å². The molecule has 2 aromatic rings. The van der Waals surface area contributed by atoms with E-state index in [0.29, 0.717) is 5.56 Å². The van der Waals surface area contributed by atoms with Crippen LogP contribution in [0.25, 0.3) is 0 Å². The van der Waals surface area contributed by atoms with Crippen LogP contribution < -0.4 is 10.2 Å². The third kappa shape index (κ3) is 3.96. The van der Waals surface area contributed by atoms with E-state index < -0.39 is 10.0 Å². The molecule has 2 aromatic carbocycles. The van der Waals surface area contributed by atoms with Crippen LogP contribution in [-0.2, 0) is 16.4 Å². The number of fused-ring (bicyclic) bond motifs is 1. The van der Waals surface area contributed by atoms with Crippen molar-refractivity contribution in [3.8, 4) is 0 Å². The van der Waals surface area contributed by atoms with E-state index in [0.717, 1.165) is 50.0 Å². The number of nitrogens with one attached hydrogen (secondary N) is 1. The van der Waals surface area contributed by atoms with Crippen molar-refractivity contribution in [1.82, 2.24) is 9.62 Å². The number of amides is 1. The number of benzene rings is 2. The summed E-state index contributed by atoms with van der Waals surface area (Å²) in [6, 6.07) is 13.1. The number of hydrogen-bond acceptors (Lipinski definition) is 4. The molecule has 1 N–H and O–H groups in total. The standard InChI is InChI=1S/C23H29N3O3S/c1-25(2)30(28,29)18-11-13-22(26-14-6-3-7-15-26)20(16-18)23(27)24-21-12-10-17-8-4-5-9-19(17)21/h4-5,8-9,11,13,16,21H,3,6-7,10,12,14-15H2,1-2H3,(H,24,27). The van der Waals surface area contributed by atoms with Gasteiger partial charge in [0.2, 0.25) is 10.0 Å². The molecule has 30 heavy (non-hydrogen) atoms. The van der Waals surface area contributed by atoms with Crippen molar-refractivity contribution in [3.63, 3.8) is 0 Å². The van der Waals surface area contributed by atoms with E-state index in [1.807, 2.05) is 12.1 Å². The molecule has 7 heteroatoms. The minimum atomic E-state index is -3.62. The summed E-state index contributed by atoms with van der Waals surface area (Å²) in [7, 11) is -0.615. The monoisotopic (exact) mass is 427 g/mol. The van der Waals surface area contributed by atoms with Gasteiger partial charge < -0.3 is 10.2 Å².